The summed E-state index contributed by atoms with van der Waals surface area (Å²) in [6.07, 6.45) is 12.7. The van der Waals surface area contributed by atoms with Crippen molar-refractivity contribution in [2.45, 2.75) is 77.7 Å². The standard InChI is InChI=1S/C16H34N2/c1-3-5-6-7-8-9-10-13-17-14-15-18(4-2)16-11-12-16/h16-17H,3-15H2,1-2H3. The topological polar surface area (TPSA) is 15.3 Å². The van der Waals surface area contributed by atoms with E-state index in [9.17, 15) is 0 Å². The maximum atomic E-state index is 3.59. The molecular weight excluding hydrogens is 220 g/mol. The molecule has 0 atom stereocenters. The lowest BCUT2D eigenvalue weighted by molar-refractivity contribution is 0.277. The molecule has 0 saturated heterocycles. The van der Waals surface area contributed by atoms with Crippen molar-refractivity contribution >= 4 is 0 Å². The SMILES string of the molecule is CCCCCCCCCNCCN(CC)C1CC1. The van der Waals surface area contributed by atoms with Crippen molar-refractivity contribution in [3.63, 3.8) is 0 Å². The zero-order valence-electron chi connectivity index (χ0n) is 12.7. The molecule has 0 unspecified atom stereocenters. The minimum absolute atomic E-state index is 0.926. The van der Waals surface area contributed by atoms with E-state index in [2.05, 4.69) is 24.1 Å². The Morgan fingerprint density at radius 3 is 2.17 bits per heavy atom. The average molecular weight is 254 g/mol. The number of likely N-dealkylation sites (N-methyl/N-ethyl adjacent to an activating group) is 1. The molecule has 0 aromatic carbocycles. The summed E-state index contributed by atoms with van der Waals surface area (Å²) in [4.78, 5) is 2.62. The van der Waals surface area contributed by atoms with Gasteiger partial charge in [0.2, 0.25) is 0 Å². The molecule has 0 radical (unpaired) electrons. The first kappa shape index (κ1) is 16.0. The Morgan fingerprint density at radius 2 is 1.56 bits per heavy atom. The van der Waals surface area contributed by atoms with Crippen LogP contribution in [0.15, 0.2) is 0 Å². The summed E-state index contributed by atoms with van der Waals surface area (Å²) < 4.78 is 0. The van der Waals surface area contributed by atoms with E-state index in [1.54, 1.807) is 0 Å². The van der Waals surface area contributed by atoms with Crippen molar-refractivity contribution in [1.29, 1.82) is 0 Å². The van der Waals surface area contributed by atoms with E-state index in [4.69, 9.17) is 0 Å². The molecule has 2 heteroatoms. The second kappa shape index (κ2) is 10.8. The lowest BCUT2D eigenvalue weighted by atomic mass is 10.1. The van der Waals surface area contributed by atoms with Crippen LogP contribution in [0.1, 0.15) is 71.6 Å². The van der Waals surface area contributed by atoms with Crippen LogP contribution in [0.25, 0.3) is 0 Å². The van der Waals surface area contributed by atoms with Crippen LogP contribution in [0, 0.1) is 0 Å². The van der Waals surface area contributed by atoms with E-state index < -0.39 is 0 Å². The zero-order chi connectivity index (χ0) is 13.1. The number of hydrogen-bond acceptors (Lipinski definition) is 2. The molecule has 0 amide bonds. The third kappa shape index (κ3) is 8.10. The van der Waals surface area contributed by atoms with E-state index in [1.165, 1.54) is 84.0 Å². The van der Waals surface area contributed by atoms with E-state index in [1.807, 2.05) is 0 Å². The number of unbranched alkanes of at least 4 members (excludes halogenated alkanes) is 6. The molecule has 1 N–H and O–H groups in total. The molecule has 1 rings (SSSR count). The van der Waals surface area contributed by atoms with Crippen LogP contribution in [0.3, 0.4) is 0 Å². The fourth-order valence-electron chi connectivity index (χ4n) is 2.59. The lowest BCUT2D eigenvalue weighted by Crippen LogP contribution is -2.33. The fraction of sp³-hybridized carbons (Fsp3) is 1.00. The Hall–Kier alpha value is -0.0800. The molecule has 2 nitrogen and oxygen atoms in total. The number of nitrogens with zero attached hydrogens (tertiary/aromatic N) is 1. The molecule has 0 aromatic heterocycles. The molecule has 1 fully saturated rings. The lowest BCUT2D eigenvalue weighted by Gasteiger charge is -2.19. The largest absolute Gasteiger partial charge is 0.315 e. The van der Waals surface area contributed by atoms with Crippen LogP contribution in [0.5, 0.6) is 0 Å². The molecule has 18 heavy (non-hydrogen) atoms. The summed E-state index contributed by atoms with van der Waals surface area (Å²) in [5, 5.41) is 3.59. The van der Waals surface area contributed by atoms with Gasteiger partial charge in [-0.1, -0.05) is 52.4 Å². The monoisotopic (exact) mass is 254 g/mol. The number of nitrogens with one attached hydrogen (secondary N) is 1. The van der Waals surface area contributed by atoms with Gasteiger partial charge in [0, 0.05) is 19.1 Å². The Bertz CT molecular complexity index is 178. The second-order valence-corrected chi connectivity index (χ2v) is 5.73. The smallest absolute Gasteiger partial charge is 0.0110 e. The van der Waals surface area contributed by atoms with Gasteiger partial charge in [0.05, 0.1) is 0 Å². The molecule has 0 heterocycles. The highest BCUT2D eigenvalue weighted by molar-refractivity contribution is 4.83. The van der Waals surface area contributed by atoms with Gasteiger partial charge in [-0.05, 0) is 32.4 Å². The van der Waals surface area contributed by atoms with Crippen LogP contribution in [-0.4, -0.2) is 37.1 Å². The van der Waals surface area contributed by atoms with Crippen LogP contribution >= 0.6 is 0 Å². The number of rotatable bonds is 13. The van der Waals surface area contributed by atoms with Crippen molar-refractivity contribution in [2.24, 2.45) is 0 Å². The first-order valence-electron chi connectivity index (χ1n) is 8.33. The van der Waals surface area contributed by atoms with Gasteiger partial charge in [0.25, 0.3) is 0 Å². The van der Waals surface area contributed by atoms with E-state index in [-0.39, 0.29) is 0 Å². The van der Waals surface area contributed by atoms with E-state index >= 15 is 0 Å². The molecule has 108 valence electrons. The summed E-state index contributed by atoms with van der Waals surface area (Å²) in [5.41, 5.74) is 0. The van der Waals surface area contributed by atoms with Crippen molar-refractivity contribution in [3.8, 4) is 0 Å². The van der Waals surface area contributed by atoms with Crippen molar-refractivity contribution in [3.05, 3.63) is 0 Å². The average Bonchev–Trinajstić information content (AvgIpc) is 3.20. The summed E-state index contributed by atoms with van der Waals surface area (Å²) in [5.74, 6) is 0. The normalized spacial score (nSPS) is 15.5. The molecule has 1 aliphatic carbocycles. The van der Waals surface area contributed by atoms with Gasteiger partial charge >= 0.3 is 0 Å². The Kier molecular flexibility index (Phi) is 9.59. The molecule has 0 aromatic rings. The van der Waals surface area contributed by atoms with Gasteiger partial charge in [0.15, 0.2) is 0 Å². The molecule has 0 spiro atoms. The second-order valence-electron chi connectivity index (χ2n) is 5.73. The molecule has 0 aliphatic heterocycles. The Morgan fingerprint density at radius 1 is 0.889 bits per heavy atom. The van der Waals surface area contributed by atoms with Gasteiger partial charge < -0.3 is 5.32 Å². The summed E-state index contributed by atoms with van der Waals surface area (Å²) in [7, 11) is 0. The number of hydrogen-bond donors (Lipinski definition) is 1. The zero-order valence-corrected chi connectivity index (χ0v) is 12.7. The molecule has 1 aliphatic rings. The fourth-order valence-corrected chi connectivity index (χ4v) is 2.59. The Labute approximate surface area is 115 Å². The highest BCUT2D eigenvalue weighted by Gasteiger charge is 2.26. The van der Waals surface area contributed by atoms with Gasteiger partial charge in [-0.15, -0.1) is 0 Å². The first-order valence-corrected chi connectivity index (χ1v) is 8.33. The van der Waals surface area contributed by atoms with Gasteiger partial charge in [-0.25, -0.2) is 0 Å². The Balaban J connectivity index is 1.75. The summed E-state index contributed by atoms with van der Waals surface area (Å²) >= 11 is 0. The molecule has 1 saturated carbocycles. The van der Waals surface area contributed by atoms with Crippen LogP contribution in [0.4, 0.5) is 0 Å². The highest BCUT2D eigenvalue weighted by atomic mass is 15.2. The quantitative estimate of drug-likeness (QED) is 0.503. The van der Waals surface area contributed by atoms with Gasteiger partial charge in [-0.3, -0.25) is 4.90 Å². The van der Waals surface area contributed by atoms with E-state index in [0.29, 0.717) is 0 Å². The molecule has 0 bridgehead atoms. The third-order valence-corrected chi connectivity index (χ3v) is 4.00. The minimum Gasteiger partial charge on any atom is -0.315 e. The highest BCUT2D eigenvalue weighted by Crippen LogP contribution is 2.25. The van der Waals surface area contributed by atoms with E-state index in [0.717, 1.165) is 6.04 Å². The molecular formula is C16H34N2. The summed E-state index contributed by atoms with van der Waals surface area (Å²) in [6, 6.07) is 0.926. The first-order chi connectivity index (χ1) is 8.88. The van der Waals surface area contributed by atoms with Crippen LogP contribution in [-0.2, 0) is 0 Å². The maximum absolute atomic E-state index is 3.59. The van der Waals surface area contributed by atoms with Crippen molar-refractivity contribution < 1.29 is 0 Å². The van der Waals surface area contributed by atoms with Crippen LogP contribution in [0.2, 0.25) is 0 Å². The maximum Gasteiger partial charge on any atom is 0.0110 e. The van der Waals surface area contributed by atoms with Gasteiger partial charge in [0.1, 0.15) is 0 Å². The van der Waals surface area contributed by atoms with Crippen molar-refractivity contribution in [1.82, 2.24) is 10.2 Å². The van der Waals surface area contributed by atoms with Gasteiger partial charge in [-0.2, -0.15) is 0 Å². The van der Waals surface area contributed by atoms with Crippen molar-refractivity contribution in [2.75, 3.05) is 26.2 Å². The summed E-state index contributed by atoms with van der Waals surface area (Å²) in [6.45, 7) is 9.44. The van der Waals surface area contributed by atoms with Crippen LogP contribution < -0.4 is 5.32 Å². The minimum atomic E-state index is 0.926. The predicted octanol–water partition coefficient (Wildman–Crippen LogP) is 3.81. The third-order valence-electron chi connectivity index (χ3n) is 4.00. The predicted molar refractivity (Wildman–Crippen MR) is 81.1 cm³/mol.